The summed E-state index contributed by atoms with van der Waals surface area (Å²) < 4.78 is 2.64. The fourth-order valence-corrected chi connectivity index (χ4v) is 6.05. The molecule has 0 saturated carbocycles. The molecule has 0 saturated heterocycles. The second-order valence-corrected chi connectivity index (χ2v) is 14.5. The quantitative estimate of drug-likeness (QED) is 0.124. The van der Waals surface area contributed by atoms with Gasteiger partial charge in [0.1, 0.15) is 12.4 Å². The summed E-state index contributed by atoms with van der Waals surface area (Å²) in [5, 5.41) is 10.9. The van der Waals surface area contributed by atoms with Crippen LogP contribution < -0.4 is 0 Å². The summed E-state index contributed by atoms with van der Waals surface area (Å²) in [6, 6.07) is 54.0. The third-order valence-electron chi connectivity index (χ3n) is 7.83. The zero-order valence-electron chi connectivity index (χ0n) is 29.0. The number of benzene rings is 6. The minimum atomic E-state index is -0.939. The highest BCUT2D eigenvalue weighted by molar-refractivity contribution is 14.1. The van der Waals surface area contributed by atoms with Crippen LogP contribution in [0.1, 0.15) is 27.8 Å². The number of hydrogen-bond donors (Lipinski definition) is 1. The van der Waals surface area contributed by atoms with Crippen LogP contribution in [0.15, 0.2) is 179 Å². The topological polar surface area (TPSA) is 115 Å². The normalized spacial score (nSPS) is 10.9. The SMILES string of the molecule is Ic1nc(-c2ccccc2)nc(-c2ccccc2)n1.O=Cc1ccc(Br)cc1.OC(c1ccc(Br)cc1)c1nc(-c2ccccc2)nc(-c2ccccc2)n1. The summed E-state index contributed by atoms with van der Waals surface area (Å²) in [5.74, 6) is 2.81. The van der Waals surface area contributed by atoms with E-state index in [1.807, 2.05) is 158 Å². The number of carbonyl (C=O) groups is 1. The molecule has 0 aliphatic carbocycles. The molecule has 0 fully saturated rings. The van der Waals surface area contributed by atoms with E-state index in [-0.39, 0.29) is 0 Å². The second kappa shape index (κ2) is 19.8. The molecule has 0 aliphatic rings. The Balaban J connectivity index is 0.000000159. The van der Waals surface area contributed by atoms with Gasteiger partial charge in [-0.15, -0.1) is 0 Å². The van der Waals surface area contributed by atoms with Crippen molar-refractivity contribution in [2.75, 3.05) is 0 Å². The predicted molar refractivity (Wildman–Crippen MR) is 232 cm³/mol. The van der Waals surface area contributed by atoms with Gasteiger partial charge in [-0.25, -0.2) is 29.9 Å². The van der Waals surface area contributed by atoms with Gasteiger partial charge in [0, 0.05) is 59.4 Å². The van der Waals surface area contributed by atoms with Crippen molar-refractivity contribution in [2.24, 2.45) is 0 Å². The van der Waals surface area contributed by atoms with Crippen molar-refractivity contribution >= 4 is 60.7 Å². The Hall–Kier alpha value is -5.34. The third kappa shape index (κ3) is 11.3. The maximum atomic E-state index is 10.9. The van der Waals surface area contributed by atoms with Crippen molar-refractivity contribution in [1.82, 2.24) is 29.9 Å². The number of halogens is 3. The molecule has 6 aromatic carbocycles. The van der Waals surface area contributed by atoms with E-state index < -0.39 is 6.10 Å². The van der Waals surface area contributed by atoms with E-state index in [0.717, 1.165) is 43.0 Å². The molecule has 2 heterocycles. The molecule has 8 rings (SSSR count). The molecule has 1 N–H and O–H groups in total. The van der Waals surface area contributed by atoms with Gasteiger partial charge < -0.3 is 5.11 Å². The lowest BCUT2D eigenvalue weighted by molar-refractivity contribution is 0.112. The summed E-state index contributed by atoms with van der Waals surface area (Å²) in [4.78, 5) is 37.1. The van der Waals surface area contributed by atoms with Gasteiger partial charge >= 0.3 is 0 Å². The molecule has 11 heteroatoms. The van der Waals surface area contributed by atoms with Gasteiger partial charge in [0.2, 0.25) is 0 Å². The maximum Gasteiger partial charge on any atom is 0.194 e. The first-order chi connectivity index (χ1) is 26.9. The van der Waals surface area contributed by atoms with Crippen LogP contribution in [0.25, 0.3) is 45.6 Å². The number of aliphatic hydroxyl groups excluding tert-OH is 1. The third-order valence-corrected chi connectivity index (χ3v) is 9.36. The van der Waals surface area contributed by atoms with Crippen LogP contribution in [0.4, 0.5) is 0 Å². The molecular weight excluding hydrogens is 931 g/mol. The fourth-order valence-electron chi connectivity index (χ4n) is 5.07. The Kier molecular flexibility index (Phi) is 14.2. The number of nitrogens with zero attached hydrogens (tertiary/aromatic N) is 6. The molecule has 1 atom stereocenters. The Morgan fingerprint density at radius 2 is 0.782 bits per heavy atom. The Bertz CT molecular complexity index is 2310. The van der Waals surface area contributed by atoms with E-state index in [2.05, 4.69) is 84.4 Å². The molecule has 55 heavy (non-hydrogen) atoms. The number of hydrogen-bond acceptors (Lipinski definition) is 8. The molecule has 0 bridgehead atoms. The Labute approximate surface area is 349 Å². The van der Waals surface area contributed by atoms with Crippen LogP contribution >= 0.6 is 54.5 Å². The van der Waals surface area contributed by atoms with Gasteiger partial charge in [-0.05, 0) is 29.8 Å². The van der Waals surface area contributed by atoms with Crippen LogP contribution in [-0.4, -0.2) is 41.3 Å². The van der Waals surface area contributed by atoms with Gasteiger partial charge in [0.05, 0.1) is 0 Å². The van der Waals surface area contributed by atoms with Crippen molar-refractivity contribution in [1.29, 1.82) is 0 Å². The first-order valence-corrected chi connectivity index (χ1v) is 19.6. The highest BCUT2D eigenvalue weighted by atomic mass is 127. The molecule has 1 unspecified atom stereocenters. The van der Waals surface area contributed by atoms with Crippen molar-refractivity contribution in [2.45, 2.75) is 6.10 Å². The minimum Gasteiger partial charge on any atom is -0.380 e. The lowest BCUT2D eigenvalue weighted by Gasteiger charge is -2.13. The lowest BCUT2D eigenvalue weighted by atomic mass is 10.1. The molecule has 8 aromatic rings. The fraction of sp³-hybridized carbons (Fsp3) is 0.0227. The summed E-state index contributed by atoms with van der Waals surface area (Å²) in [6.45, 7) is 0. The smallest absolute Gasteiger partial charge is 0.194 e. The minimum absolute atomic E-state index is 0.324. The van der Waals surface area contributed by atoms with Gasteiger partial charge in [0.25, 0.3) is 0 Å². The van der Waals surface area contributed by atoms with E-state index in [1.165, 1.54) is 0 Å². The van der Waals surface area contributed by atoms with Gasteiger partial charge in [-0.2, -0.15) is 0 Å². The summed E-state index contributed by atoms with van der Waals surface area (Å²) in [6.07, 6.45) is -0.113. The van der Waals surface area contributed by atoms with Crippen molar-refractivity contribution < 1.29 is 9.90 Å². The average Bonchev–Trinajstić information content (AvgIpc) is 3.25. The van der Waals surface area contributed by atoms with Gasteiger partial charge in [-0.3, -0.25) is 4.79 Å². The van der Waals surface area contributed by atoms with Crippen molar-refractivity contribution in [3.63, 3.8) is 0 Å². The second-order valence-electron chi connectivity index (χ2n) is 11.7. The first-order valence-electron chi connectivity index (χ1n) is 16.9. The maximum absolute atomic E-state index is 10.9. The monoisotopic (exact) mass is 960 g/mol. The zero-order valence-corrected chi connectivity index (χ0v) is 34.3. The van der Waals surface area contributed by atoms with Crippen molar-refractivity contribution in [3.05, 3.63) is 200 Å². The molecule has 2 aromatic heterocycles. The first kappa shape index (κ1) is 39.4. The van der Waals surface area contributed by atoms with Crippen LogP contribution in [0.2, 0.25) is 0 Å². The Morgan fingerprint density at radius 3 is 1.13 bits per heavy atom. The molecule has 0 aliphatic heterocycles. The van der Waals surface area contributed by atoms with Crippen LogP contribution in [-0.2, 0) is 0 Å². The highest BCUT2D eigenvalue weighted by Gasteiger charge is 2.18. The number of carbonyl (C=O) groups excluding carboxylic acids is 1. The van der Waals surface area contributed by atoms with E-state index in [9.17, 15) is 9.90 Å². The van der Waals surface area contributed by atoms with E-state index in [4.69, 9.17) is 0 Å². The summed E-state index contributed by atoms with van der Waals surface area (Å²) in [7, 11) is 0. The van der Waals surface area contributed by atoms with Gasteiger partial charge in [0.15, 0.2) is 33.0 Å². The number of aldehydes is 1. The van der Waals surface area contributed by atoms with Crippen molar-refractivity contribution in [3.8, 4) is 45.6 Å². The Morgan fingerprint density at radius 1 is 0.455 bits per heavy atom. The largest absolute Gasteiger partial charge is 0.380 e. The summed E-state index contributed by atoms with van der Waals surface area (Å²) >= 11 is 8.79. The molecule has 8 nitrogen and oxygen atoms in total. The molecule has 0 spiro atoms. The number of rotatable bonds is 7. The molecular formula is C44H31Br2IN6O2. The van der Waals surface area contributed by atoms with E-state index >= 15 is 0 Å². The van der Waals surface area contributed by atoms with Crippen LogP contribution in [0, 0.1) is 3.83 Å². The molecule has 0 amide bonds. The number of aromatic nitrogens is 6. The van der Waals surface area contributed by atoms with E-state index in [0.29, 0.717) is 38.5 Å². The predicted octanol–water partition coefficient (Wildman–Crippen LogP) is 11.1. The summed E-state index contributed by atoms with van der Waals surface area (Å²) in [5.41, 5.74) is 5.18. The lowest BCUT2D eigenvalue weighted by Crippen LogP contribution is -2.09. The number of aliphatic hydroxyl groups is 1. The highest BCUT2D eigenvalue weighted by Crippen LogP contribution is 2.26. The van der Waals surface area contributed by atoms with Crippen LogP contribution in [0.3, 0.4) is 0 Å². The standard InChI is InChI=1S/C22H16BrN3O.C15H10IN3.C7H5BrO/c23-18-13-11-15(12-14-18)19(27)22-25-20(16-7-3-1-4-8-16)24-21(26-22)17-9-5-2-6-10-17;16-15-18-13(11-7-3-1-4-8-11)17-14(19-15)12-9-5-2-6-10-12;8-7-3-1-6(5-9)2-4-7/h1-14,19,27H;1-10H;1-5H. The average molecular weight is 962 g/mol. The molecule has 270 valence electrons. The van der Waals surface area contributed by atoms with Crippen LogP contribution in [0.5, 0.6) is 0 Å². The zero-order chi connectivity index (χ0) is 38.4. The molecule has 0 radical (unpaired) electrons. The van der Waals surface area contributed by atoms with E-state index in [1.54, 1.807) is 12.1 Å². The van der Waals surface area contributed by atoms with Gasteiger partial charge in [-0.1, -0.05) is 177 Å².